The quantitative estimate of drug-likeness (QED) is 0.417. The molecule has 0 radical (unpaired) electrons. The van der Waals surface area contributed by atoms with Gasteiger partial charge in [-0.2, -0.15) is 8.42 Å². The number of hydrogen-bond acceptors (Lipinski definition) is 3. The third-order valence-electron chi connectivity index (χ3n) is 1.04. The monoisotopic (exact) mass is 226 g/mol. The van der Waals surface area contributed by atoms with Gasteiger partial charge in [0.15, 0.2) is 0 Å². The van der Waals surface area contributed by atoms with Crippen molar-refractivity contribution >= 4 is 10.1 Å². The van der Waals surface area contributed by atoms with Gasteiger partial charge >= 0.3 is 29.6 Å². The molecule has 0 aliphatic rings. The van der Waals surface area contributed by atoms with Crippen molar-refractivity contribution in [2.45, 2.75) is 11.8 Å². The van der Waals surface area contributed by atoms with Gasteiger partial charge in [-0.1, -0.05) is 25.1 Å². The van der Waals surface area contributed by atoms with E-state index in [0.717, 1.165) is 0 Å². The van der Waals surface area contributed by atoms with E-state index in [1.165, 1.54) is 12.1 Å². The van der Waals surface area contributed by atoms with Gasteiger partial charge in [0.2, 0.25) is 0 Å². The zero-order chi connectivity index (χ0) is 10.3. The Balaban J connectivity index is 0. The molecule has 0 atom stereocenters. The van der Waals surface area contributed by atoms with Crippen molar-refractivity contribution in [3.63, 3.8) is 0 Å². The van der Waals surface area contributed by atoms with Gasteiger partial charge in [0, 0.05) is 0 Å². The first-order chi connectivity index (χ1) is 6.02. The van der Waals surface area contributed by atoms with Gasteiger partial charge in [-0.25, -0.2) is 0 Å². The molecule has 0 amide bonds. The molecule has 0 aliphatic carbocycles. The molecule has 0 saturated carbocycles. The fraction of sp³-hybridized carbons (Fsp3) is 0.250. The largest absolute Gasteiger partial charge is 1.00 e. The van der Waals surface area contributed by atoms with Crippen LogP contribution in [0.25, 0.3) is 0 Å². The topological polar surface area (TPSA) is 77.4 Å². The van der Waals surface area contributed by atoms with E-state index >= 15 is 0 Å². The van der Waals surface area contributed by atoms with Gasteiger partial charge in [0.05, 0.1) is 4.90 Å². The third-order valence-corrected chi connectivity index (χ3v) is 1.91. The van der Waals surface area contributed by atoms with Crippen LogP contribution < -0.4 is 34.7 Å². The molecular weight excluding hydrogens is 215 g/mol. The first kappa shape index (κ1) is 16.5. The summed E-state index contributed by atoms with van der Waals surface area (Å²) in [4.78, 5) is -0.0741. The average molecular weight is 226 g/mol. The van der Waals surface area contributed by atoms with Crippen LogP contribution in [0.2, 0.25) is 0 Å². The zero-order valence-electron chi connectivity index (χ0n) is 8.17. The van der Waals surface area contributed by atoms with Crippen molar-refractivity contribution in [3.05, 3.63) is 30.3 Å². The van der Waals surface area contributed by atoms with E-state index in [2.05, 4.69) is 0 Å². The van der Waals surface area contributed by atoms with Crippen molar-refractivity contribution in [3.8, 4) is 0 Å². The molecule has 1 N–H and O–H groups in total. The summed E-state index contributed by atoms with van der Waals surface area (Å²) in [5, 5.41) is 8.93. The molecule has 0 aliphatic heterocycles. The van der Waals surface area contributed by atoms with E-state index in [0.29, 0.717) is 0 Å². The Labute approximate surface area is 106 Å². The van der Waals surface area contributed by atoms with Crippen molar-refractivity contribution in [1.82, 2.24) is 0 Å². The van der Waals surface area contributed by atoms with Crippen LogP contribution in [0.4, 0.5) is 0 Å². The minimum absolute atomic E-state index is 0. The summed E-state index contributed by atoms with van der Waals surface area (Å²) >= 11 is 0. The molecule has 0 fully saturated rings. The second kappa shape index (κ2) is 8.40. The van der Waals surface area contributed by atoms with E-state index in [9.17, 15) is 8.42 Å². The van der Waals surface area contributed by atoms with Gasteiger partial charge in [-0.05, 0) is 12.1 Å². The van der Waals surface area contributed by atoms with Gasteiger partial charge in [0.25, 0.3) is 10.1 Å². The summed E-state index contributed by atoms with van der Waals surface area (Å²) in [6, 6.07) is 7.42. The van der Waals surface area contributed by atoms with Crippen LogP contribution in [0.15, 0.2) is 35.2 Å². The maximum Gasteiger partial charge on any atom is 1.00 e. The van der Waals surface area contributed by atoms with Gasteiger partial charge in [0.1, 0.15) is 0 Å². The molecule has 1 aromatic carbocycles. The fourth-order valence-corrected chi connectivity index (χ4v) is 1.09. The first-order valence-corrected chi connectivity index (χ1v) is 5.07. The Hall–Kier alpha value is 0.0900. The predicted molar refractivity (Wildman–Crippen MR) is 46.8 cm³/mol. The van der Waals surface area contributed by atoms with Crippen LogP contribution in [0.3, 0.4) is 0 Å². The Morgan fingerprint density at radius 1 is 1.29 bits per heavy atom. The van der Waals surface area contributed by atoms with Gasteiger partial charge < -0.3 is 5.11 Å². The van der Waals surface area contributed by atoms with Crippen LogP contribution in [0.1, 0.15) is 6.92 Å². The molecular formula is C8H11NaO4S. The van der Waals surface area contributed by atoms with Crippen molar-refractivity contribution in [2.75, 3.05) is 6.61 Å². The first-order valence-electron chi connectivity index (χ1n) is 3.63. The fourth-order valence-electron chi connectivity index (χ4n) is 0.592. The second-order valence-corrected chi connectivity index (χ2v) is 3.50. The smallest absolute Gasteiger partial charge is 0.855 e. The maximum atomic E-state index is 10.4. The minimum Gasteiger partial charge on any atom is -0.855 e. The summed E-state index contributed by atoms with van der Waals surface area (Å²) in [5.74, 6) is 0. The summed E-state index contributed by atoms with van der Waals surface area (Å²) in [5.41, 5.74) is 0. The average Bonchev–Trinajstić information content (AvgIpc) is 2.06. The van der Waals surface area contributed by atoms with Crippen LogP contribution in [-0.2, 0) is 10.1 Å². The Kier molecular flexibility index (Phi) is 9.91. The molecule has 4 nitrogen and oxygen atoms in total. The summed E-state index contributed by atoms with van der Waals surface area (Å²) < 4.78 is 29.2. The molecule has 0 spiro atoms. The molecule has 0 aromatic heterocycles. The maximum absolute atomic E-state index is 10.4. The number of rotatable bonds is 1. The van der Waals surface area contributed by atoms with E-state index in [1.54, 1.807) is 25.1 Å². The van der Waals surface area contributed by atoms with Crippen molar-refractivity contribution in [1.29, 1.82) is 0 Å². The third kappa shape index (κ3) is 7.49. The summed E-state index contributed by atoms with van der Waals surface area (Å²) in [6.07, 6.45) is 0. The van der Waals surface area contributed by atoms with Gasteiger partial charge in [-0.15, -0.1) is 6.61 Å². The SMILES string of the molecule is CC[O-].O=S(=O)(O)c1ccccc1.[Na+]. The molecule has 1 rings (SSSR count). The van der Waals surface area contributed by atoms with E-state index in [1.807, 2.05) is 0 Å². The van der Waals surface area contributed by atoms with Crippen molar-refractivity contribution in [2.24, 2.45) is 0 Å². The number of benzene rings is 1. The van der Waals surface area contributed by atoms with E-state index < -0.39 is 10.1 Å². The Morgan fingerprint density at radius 2 is 1.64 bits per heavy atom. The molecule has 0 bridgehead atoms. The van der Waals surface area contributed by atoms with Gasteiger partial charge in [-0.3, -0.25) is 4.55 Å². The molecule has 0 heterocycles. The zero-order valence-corrected chi connectivity index (χ0v) is 11.0. The molecule has 0 unspecified atom stereocenters. The van der Waals surface area contributed by atoms with Crippen LogP contribution >= 0.6 is 0 Å². The summed E-state index contributed by atoms with van der Waals surface area (Å²) in [7, 11) is -4.00. The second-order valence-electron chi connectivity index (χ2n) is 2.08. The molecule has 1 aromatic rings. The van der Waals surface area contributed by atoms with Crippen molar-refractivity contribution < 1.29 is 47.6 Å². The minimum atomic E-state index is -4.00. The Morgan fingerprint density at radius 3 is 1.86 bits per heavy atom. The van der Waals surface area contributed by atoms with E-state index in [-0.39, 0.29) is 41.1 Å². The molecule has 0 saturated heterocycles. The van der Waals surface area contributed by atoms with Crippen LogP contribution in [0, 0.1) is 0 Å². The molecule has 74 valence electrons. The van der Waals surface area contributed by atoms with Crippen LogP contribution in [-0.4, -0.2) is 19.6 Å². The normalized spacial score (nSPS) is 9.36. The van der Waals surface area contributed by atoms with E-state index in [4.69, 9.17) is 9.66 Å². The summed E-state index contributed by atoms with van der Waals surface area (Å²) in [6.45, 7) is 1.57. The number of hydrogen-bond donors (Lipinski definition) is 1. The van der Waals surface area contributed by atoms with Crippen LogP contribution in [0.5, 0.6) is 0 Å². The predicted octanol–water partition coefficient (Wildman–Crippen LogP) is -2.70. The Bertz CT molecular complexity index is 322. The standard InChI is InChI=1S/C6H6O3S.C2H5O.Na/c7-10(8,9)6-4-2-1-3-5-6;1-2-3;/h1-5H,(H,7,8,9);2H2,1H3;/q;-1;+1. The molecule has 14 heavy (non-hydrogen) atoms. The molecule has 6 heteroatoms.